The summed E-state index contributed by atoms with van der Waals surface area (Å²) in [4.78, 5) is 11.4. The van der Waals surface area contributed by atoms with E-state index in [9.17, 15) is 4.79 Å². The van der Waals surface area contributed by atoms with E-state index in [1.54, 1.807) is 14.2 Å². The molecule has 0 aromatic heterocycles. The van der Waals surface area contributed by atoms with Crippen molar-refractivity contribution in [3.05, 3.63) is 24.3 Å². The van der Waals surface area contributed by atoms with Crippen LogP contribution in [0.2, 0.25) is 0 Å². The number of nitrogens with one attached hydrogen (secondary N) is 1. The third-order valence-electron chi connectivity index (χ3n) is 2.49. The van der Waals surface area contributed by atoms with Crippen LogP contribution in [0.4, 0.5) is 0 Å². The summed E-state index contributed by atoms with van der Waals surface area (Å²) in [5.41, 5.74) is 0. The number of hydrogen-bond acceptors (Lipinski definition) is 4. The number of rotatable bonds is 9. The summed E-state index contributed by atoms with van der Waals surface area (Å²) >= 11 is 0. The van der Waals surface area contributed by atoms with E-state index in [1.165, 1.54) is 0 Å². The zero-order valence-corrected chi connectivity index (χ0v) is 11.5. The number of hydrogen-bond donors (Lipinski definition) is 1. The van der Waals surface area contributed by atoms with E-state index >= 15 is 0 Å². The molecule has 1 aromatic carbocycles. The van der Waals surface area contributed by atoms with Gasteiger partial charge in [-0.15, -0.1) is 0 Å². The van der Waals surface area contributed by atoms with Gasteiger partial charge in [0.05, 0.1) is 20.3 Å². The minimum absolute atomic E-state index is 0.0197. The number of benzene rings is 1. The Labute approximate surface area is 113 Å². The zero-order valence-electron chi connectivity index (χ0n) is 11.5. The van der Waals surface area contributed by atoms with Gasteiger partial charge in [0, 0.05) is 26.1 Å². The van der Waals surface area contributed by atoms with Crippen LogP contribution in [0.1, 0.15) is 12.8 Å². The Morgan fingerprint density at radius 2 is 2.00 bits per heavy atom. The van der Waals surface area contributed by atoms with Crippen LogP contribution in [0.3, 0.4) is 0 Å². The molecule has 0 radical (unpaired) electrons. The maximum atomic E-state index is 11.4. The standard InChI is InChI=1S/C14H21NO4/c1-17-10-8-15-14(16)7-4-9-19-13-6-3-5-12(11-13)18-2/h3,5-6,11H,4,7-10H2,1-2H3,(H,15,16). The largest absolute Gasteiger partial charge is 0.497 e. The molecule has 1 amide bonds. The van der Waals surface area contributed by atoms with Gasteiger partial charge in [-0.25, -0.2) is 0 Å². The quantitative estimate of drug-likeness (QED) is 0.691. The van der Waals surface area contributed by atoms with Crippen molar-refractivity contribution in [2.75, 3.05) is 34.0 Å². The van der Waals surface area contributed by atoms with Crippen molar-refractivity contribution in [3.8, 4) is 11.5 Å². The van der Waals surface area contributed by atoms with Gasteiger partial charge in [-0.2, -0.15) is 0 Å². The molecule has 0 aliphatic heterocycles. The molecular weight excluding hydrogens is 246 g/mol. The number of carbonyl (C=O) groups excluding carboxylic acids is 1. The molecule has 0 heterocycles. The molecule has 0 spiro atoms. The second-order valence-corrected chi connectivity index (χ2v) is 3.97. The molecule has 0 saturated carbocycles. The summed E-state index contributed by atoms with van der Waals surface area (Å²) in [6.07, 6.45) is 1.13. The lowest BCUT2D eigenvalue weighted by Gasteiger charge is -2.08. The van der Waals surface area contributed by atoms with Gasteiger partial charge in [0.2, 0.25) is 5.91 Å². The molecular formula is C14H21NO4. The fourth-order valence-electron chi connectivity index (χ4n) is 1.49. The summed E-state index contributed by atoms with van der Waals surface area (Å²) < 4.78 is 15.5. The molecule has 0 atom stereocenters. The average Bonchev–Trinajstić information content (AvgIpc) is 2.44. The maximum absolute atomic E-state index is 11.4. The molecule has 0 saturated heterocycles. The van der Waals surface area contributed by atoms with Crippen molar-refractivity contribution >= 4 is 5.91 Å². The Balaban J connectivity index is 2.14. The Morgan fingerprint density at radius 1 is 1.21 bits per heavy atom. The molecule has 5 nitrogen and oxygen atoms in total. The number of carbonyl (C=O) groups is 1. The van der Waals surface area contributed by atoms with Crippen molar-refractivity contribution < 1.29 is 19.0 Å². The highest BCUT2D eigenvalue weighted by Gasteiger charge is 2.01. The van der Waals surface area contributed by atoms with Crippen molar-refractivity contribution in [2.24, 2.45) is 0 Å². The van der Waals surface area contributed by atoms with E-state index in [2.05, 4.69) is 5.32 Å². The van der Waals surface area contributed by atoms with E-state index in [-0.39, 0.29) is 5.91 Å². The van der Waals surface area contributed by atoms with Gasteiger partial charge in [0.15, 0.2) is 0 Å². The van der Waals surface area contributed by atoms with Gasteiger partial charge < -0.3 is 19.5 Å². The van der Waals surface area contributed by atoms with E-state index in [0.717, 1.165) is 11.5 Å². The number of ether oxygens (including phenoxy) is 3. The summed E-state index contributed by atoms with van der Waals surface area (Å²) in [7, 11) is 3.22. The van der Waals surface area contributed by atoms with Gasteiger partial charge >= 0.3 is 0 Å². The first kappa shape index (κ1) is 15.3. The first-order chi connectivity index (χ1) is 9.26. The van der Waals surface area contributed by atoms with Crippen LogP contribution in [0, 0.1) is 0 Å². The number of methoxy groups -OCH3 is 2. The highest BCUT2D eigenvalue weighted by Crippen LogP contribution is 2.18. The summed E-state index contributed by atoms with van der Waals surface area (Å²) in [6.45, 7) is 1.59. The Bertz CT molecular complexity index is 381. The molecule has 1 aromatic rings. The second kappa shape index (κ2) is 9.22. The highest BCUT2D eigenvalue weighted by atomic mass is 16.5. The van der Waals surface area contributed by atoms with Gasteiger partial charge in [-0.05, 0) is 18.6 Å². The Hall–Kier alpha value is -1.75. The monoisotopic (exact) mass is 267 g/mol. The van der Waals surface area contributed by atoms with E-state index in [4.69, 9.17) is 14.2 Å². The van der Waals surface area contributed by atoms with E-state index in [1.807, 2.05) is 24.3 Å². The molecule has 0 aliphatic rings. The first-order valence-electron chi connectivity index (χ1n) is 6.28. The SMILES string of the molecule is COCCNC(=O)CCCOc1cccc(OC)c1. The maximum Gasteiger partial charge on any atom is 0.220 e. The lowest BCUT2D eigenvalue weighted by molar-refractivity contribution is -0.121. The fraction of sp³-hybridized carbons (Fsp3) is 0.500. The van der Waals surface area contributed by atoms with Gasteiger partial charge in [-0.1, -0.05) is 6.07 Å². The Morgan fingerprint density at radius 3 is 2.74 bits per heavy atom. The predicted molar refractivity (Wildman–Crippen MR) is 72.6 cm³/mol. The van der Waals surface area contributed by atoms with E-state index in [0.29, 0.717) is 32.6 Å². The van der Waals surface area contributed by atoms with Crippen molar-refractivity contribution in [1.82, 2.24) is 5.32 Å². The summed E-state index contributed by atoms with van der Waals surface area (Å²) in [6, 6.07) is 7.40. The lowest BCUT2D eigenvalue weighted by atomic mass is 10.3. The van der Waals surface area contributed by atoms with E-state index < -0.39 is 0 Å². The summed E-state index contributed by atoms with van der Waals surface area (Å²) in [5.74, 6) is 1.53. The summed E-state index contributed by atoms with van der Waals surface area (Å²) in [5, 5.41) is 2.76. The normalized spacial score (nSPS) is 10.0. The second-order valence-electron chi connectivity index (χ2n) is 3.97. The number of amides is 1. The molecule has 0 aliphatic carbocycles. The van der Waals surface area contributed by atoms with Gasteiger partial charge in [0.25, 0.3) is 0 Å². The minimum Gasteiger partial charge on any atom is -0.497 e. The predicted octanol–water partition coefficient (Wildman–Crippen LogP) is 1.62. The topological polar surface area (TPSA) is 56.8 Å². The fourth-order valence-corrected chi connectivity index (χ4v) is 1.49. The van der Waals surface area contributed by atoms with Gasteiger partial charge in [-0.3, -0.25) is 4.79 Å². The average molecular weight is 267 g/mol. The van der Waals surface area contributed by atoms with Crippen molar-refractivity contribution in [2.45, 2.75) is 12.8 Å². The lowest BCUT2D eigenvalue weighted by Crippen LogP contribution is -2.26. The smallest absolute Gasteiger partial charge is 0.220 e. The van der Waals surface area contributed by atoms with Crippen LogP contribution < -0.4 is 14.8 Å². The zero-order chi connectivity index (χ0) is 13.9. The molecule has 19 heavy (non-hydrogen) atoms. The van der Waals surface area contributed by atoms with Crippen LogP contribution in [-0.2, 0) is 9.53 Å². The molecule has 106 valence electrons. The van der Waals surface area contributed by atoms with Crippen LogP contribution >= 0.6 is 0 Å². The van der Waals surface area contributed by atoms with Crippen LogP contribution in [0.25, 0.3) is 0 Å². The molecule has 0 unspecified atom stereocenters. The van der Waals surface area contributed by atoms with Gasteiger partial charge in [0.1, 0.15) is 11.5 Å². The Kier molecular flexibility index (Phi) is 7.43. The molecule has 0 bridgehead atoms. The molecule has 1 N–H and O–H groups in total. The third-order valence-corrected chi connectivity index (χ3v) is 2.49. The van der Waals surface area contributed by atoms with Crippen LogP contribution in [0.5, 0.6) is 11.5 Å². The van der Waals surface area contributed by atoms with Crippen LogP contribution in [-0.4, -0.2) is 39.9 Å². The van der Waals surface area contributed by atoms with Crippen LogP contribution in [0.15, 0.2) is 24.3 Å². The third kappa shape index (κ3) is 6.67. The highest BCUT2D eigenvalue weighted by molar-refractivity contribution is 5.75. The first-order valence-corrected chi connectivity index (χ1v) is 6.28. The van der Waals surface area contributed by atoms with Crippen molar-refractivity contribution in [3.63, 3.8) is 0 Å². The minimum atomic E-state index is 0.0197. The molecule has 1 rings (SSSR count). The van der Waals surface area contributed by atoms with Crippen molar-refractivity contribution in [1.29, 1.82) is 0 Å². The molecule has 5 heteroatoms. The molecule has 0 fully saturated rings.